The molecule has 2 saturated heterocycles. The largest absolute Gasteiger partial charge is 0.490 e. The van der Waals surface area contributed by atoms with E-state index in [2.05, 4.69) is 30.1 Å². The van der Waals surface area contributed by atoms with Gasteiger partial charge in [-0.15, -0.1) is 11.8 Å². The van der Waals surface area contributed by atoms with E-state index in [1.165, 1.54) is 42.0 Å². The molecule has 126 valence electrons. The Hall–Kier alpha value is -0.710. The lowest BCUT2D eigenvalue weighted by Crippen LogP contribution is -2.27. The summed E-state index contributed by atoms with van der Waals surface area (Å²) in [5, 5.41) is 0. The molecule has 2 fully saturated rings. The summed E-state index contributed by atoms with van der Waals surface area (Å²) in [5.41, 5.74) is 1.53. The van der Waals surface area contributed by atoms with Crippen LogP contribution in [0.4, 0.5) is 0 Å². The standard InChI is InChI=1S/C19H27NO2S/c1-20-8-2-3-15(20)11-14-13-23-19-5-4-17(12-18(14)19)22-16-6-9-21-10-7-16/h4-5,12,14-16H,2-3,6-11,13H2,1H3/t14?,15-/m1/s1. The molecule has 0 amide bonds. The Bertz CT molecular complexity index is 544. The lowest BCUT2D eigenvalue weighted by atomic mass is 9.93. The van der Waals surface area contributed by atoms with Crippen molar-refractivity contribution in [2.45, 2.75) is 55.1 Å². The van der Waals surface area contributed by atoms with Gasteiger partial charge in [-0.3, -0.25) is 0 Å². The topological polar surface area (TPSA) is 21.7 Å². The van der Waals surface area contributed by atoms with Gasteiger partial charge in [-0.05, 0) is 62.5 Å². The number of nitrogens with zero attached hydrogens (tertiary/aromatic N) is 1. The number of rotatable bonds is 4. The first-order valence-electron chi connectivity index (χ1n) is 9.01. The predicted molar refractivity (Wildman–Crippen MR) is 94.6 cm³/mol. The summed E-state index contributed by atoms with van der Waals surface area (Å²) in [6.07, 6.45) is 6.39. The van der Waals surface area contributed by atoms with Crippen molar-refractivity contribution in [2.24, 2.45) is 0 Å². The van der Waals surface area contributed by atoms with Crippen LogP contribution in [0.5, 0.6) is 5.75 Å². The van der Waals surface area contributed by atoms with Crippen molar-refractivity contribution in [1.82, 2.24) is 4.90 Å². The van der Waals surface area contributed by atoms with Crippen LogP contribution in [0.2, 0.25) is 0 Å². The van der Waals surface area contributed by atoms with Crippen LogP contribution in [-0.4, -0.2) is 49.6 Å². The fraction of sp³-hybridized carbons (Fsp3) is 0.684. The normalized spacial score (nSPS) is 28.9. The van der Waals surface area contributed by atoms with Crippen LogP contribution in [0.1, 0.15) is 43.6 Å². The zero-order valence-corrected chi connectivity index (χ0v) is 14.8. The summed E-state index contributed by atoms with van der Waals surface area (Å²) < 4.78 is 11.6. The van der Waals surface area contributed by atoms with Crippen LogP contribution >= 0.6 is 11.8 Å². The van der Waals surface area contributed by atoms with Crippen molar-refractivity contribution in [3.8, 4) is 5.75 Å². The molecule has 4 heteroatoms. The fourth-order valence-electron chi connectivity index (χ4n) is 4.12. The van der Waals surface area contributed by atoms with Crippen LogP contribution in [0.3, 0.4) is 0 Å². The van der Waals surface area contributed by atoms with Gasteiger partial charge < -0.3 is 14.4 Å². The molecule has 0 radical (unpaired) electrons. The maximum Gasteiger partial charge on any atom is 0.120 e. The Morgan fingerprint density at radius 1 is 1.26 bits per heavy atom. The smallest absolute Gasteiger partial charge is 0.120 e. The molecular weight excluding hydrogens is 306 g/mol. The number of benzene rings is 1. The first-order chi connectivity index (χ1) is 11.3. The van der Waals surface area contributed by atoms with Gasteiger partial charge in [-0.25, -0.2) is 0 Å². The van der Waals surface area contributed by atoms with Gasteiger partial charge >= 0.3 is 0 Å². The highest BCUT2D eigenvalue weighted by atomic mass is 32.2. The van der Waals surface area contributed by atoms with Gasteiger partial charge in [-0.2, -0.15) is 0 Å². The molecule has 1 unspecified atom stereocenters. The van der Waals surface area contributed by atoms with E-state index in [4.69, 9.17) is 9.47 Å². The van der Waals surface area contributed by atoms with Crippen molar-refractivity contribution >= 4 is 11.8 Å². The Labute approximate surface area is 143 Å². The highest BCUT2D eigenvalue weighted by Crippen LogP contribution is 2.44. The Balaban J connectivity index is 1.45. The molecule has 0 bridgehead atoms. The summed E-state index contributed by atoms with van der Waals surface area (Å²) in [5.74, 6) is 2.99. The van der Waals surface area contributed by atoms with Crippen molar-refractivity contribution in [1.29, 1.82) is 0 Å². The molecule has 0 spiro atoms. The van der Waals surface area contributed by atoms with Crippen LogP contribution in [0.25, 0.3) is 0 Å². The highest BCUT2D eigenvalue weighted by molar-refractivity contribution is 7.99. The van der Waals surface area contributed by atoms with E-state index in [0.29, 0.717) is 12.0 Å². The molecule has 1 aromatic rings. The van der Waals surface area contributed by atoms with Gasteiger partial charge in [0.25, 0.3) is 0 Å². The fourth-order valence-corrected chi connectivity index (χ4v) is 5.37. The number of hydrogen-bond acceptors (Lipinski definition) is 4. The second kappa shape index (κ2) is 7.04. The second-order valence-corrected chi connectivity index (χ2v) is 8.21. The van der Waals surface area contributed by atoms with E-state index in [1.54, 1.807) is 0 Å². The van der Waals surface area contributed by atoms with Crippen LogP contribution in [-0.2, 0) is 4.74 Å². The molecule has 3 heterocycles. The molecule has 0 saturated carbocycles. The van der Waals surface area contributed by atoms with E-state index in [-0.39, 0.29) is 0 Å². The van der Waals surface area contributed by atoms with Crippen LogP contribution in [0, 0.1) is 0 Å². The van der Waals surface area contributed by atoms with Crippen molar-refractivity contribution in [3.63, 3.8) is 0 Å². The van der Waals surface area contributed by atoms with Crippen LogP contribution < -0.4 is 4.74 Å². The molecule has 3 aliphatic heterocycles. The molecule has 0 N–H and O–H groups in total. The quantitative estimate of drug-likeness (QED) is 0.832. The van der Waals surface area contributed by atoms with Gasteiger partial charge in [0.15, 0.2) is 0 Å². The molecule has 0 aliphatic carbocycles. The average molecular weight is 333 g/mol. The van der Waals surface area contributed by atoms with Crippen molar-refractivity contribution < 1.29 is 9.47 Å². The minimum atomic E-state index is 0.329. The summed E-state index contributed by atoms with van der Waals surface area (Å²) in [6, 6.07) is 7.52. The third-order valence-electron chi connectivity index (χ3n) is 5.56. The number of ether oxygens (including phenoxy) is 2. The third-order valence-corrected chi connectivity index (χ3v) is 6.81. The van der Waals surface area contributed by atoms with E-state index < -0.39 is 0 Å². The number of fused-ring (bicyclic) bond motifs is 1. The Morgan fingerprint density at radius 3 is 2.91 bits per heavy atom. The highest BCUT2D eigenvalue weighted by Gasteiger charge is 2.30. The molecule has 3 nitrogen and oxygen atoms in total. The number of hydrogen-bond donors (Lipinski definition) is 0. The van der Waals surface area contributed by atoms with E-state index in [0.717, 1.165) is 37.8 Å². The maximum atomic E-state index is 6.22. The van der Waals surface area contributed by atoms with E-state index >= 15 is 0 Å². The van der Waals surface area contributed by atoms with E-state index in [1.807, 2.05) is 11.8 Å². The zero-order chi connectivity index (χ0) is 15.6. The van der Waals surface area contributed by atoms with Gasteiger partial charge in [0.05, 0.1) is 13.2 Å². The molecule has 2 atom stereocenters. The summed E-state index contributed by atoms with van der Waals surface area (Å²) >= 11 is 2.02. The minimum absolute atomic E-state index is 0.329. The summed E-state index contributed by atoms with van der Waals surface area (Å²) in [7, 11) is 2.28. The van der Waals surface area contributed by atoms with Gasteiger partial charge in [0.1, 0.15) is 11.9 Å². The second-order valence-electron chi connectivity index (χ2n) is 7.15. The predicted octanol–water partition coefficient (Wildman–Crippen LogP) is 3.92. The monoisotopic (exact) mass is 333 g/mol. The Morgan fingerprint density at radius 2 is 2.13 bits per heavy atom. The number of likely N-dealkylation sites (tertiary alicyclic amines) is 1. The molecule has 1 aromatic carbocycles. The average Bonchev–Trinajstić information content (AvgIpc) is 3.16. The van der Waals surface area contributed by atoms with Gasteiger partial charge in [0.2, 0.25) is 0 Å². The van der Waals surface area contributed by atoms with Gasteiger partial charge in [0, 0.05) is 29.5 Å². The van der Waals surface area contributed by atoms with Crippen LogP contribution in [0.15, 0.2) is 23.1 Å². The maximum absolute atomic E-state index is 6.22. The van der Waals surface area contributed by atoms with Crippen molar-refractivity contribution in [2.75, 3.05) is 32.6 Å². The molecule has 23 heavy (non-hydrogen) atoms. The SMILES string of the molecule is CN1CCC[C@@H]1CC1CSc2ccc(OC3CCOCC3)cc21. The molecule has 4 rings (SSSR count). The minimum Gasteiger partial charge on any atom is -0.490 e. The first kappa shape index (κ1) is 15.8. The van der Waals surface area contributed by atoms with E-state index in [9.17, 15) is 0 Å². The van der Waals surface area contributed by atoms with Gasteiger partial charge in [-0.1, -0.05) is 0 Å². The summed E-state index contributed by atoms with van der Waals surface area (Å²) in [4.78, 5) is 4.01. The third kappa shape index (κ3) is 3.54. The Kier molecular flexibility index (Phi) is 4.83. The zero-order valence-electron chi connectivity index (χ0n) is 14.0. The lowest BCUT2D eigenvalue weighted by molar-refractivity contribution is 0.0255. The number of thioether (sulfide) groups is 1. The first-order valence-corrected chi connectivity index (χ1v) is 9.99. The molecule has 3 aliphatic rings. The molecular formula is C19H27NO2S. The molecule has 0 aromatic heterocycles. The summed E-state index contributed by atoms with van der Waals surface area (Å²) in [6.45, 7) is 2.94. The van der Waals surface area contributed by atoms with Crippen molar-refractivity contribution in [3.05, 3.63) is 23.8 Å². The lowest BCUT2D eigenvalue weighted by Gasteiger charge is -2.25.